The van der Waals surface area contributed by atoms with E-state index in [9.17, 15) is 9.59 Å². The second-order valence-electron chi connectivity index (χ2n) is 6.32. The predicted molar refractivity (Wildman–Crippen MR) is 110 cm³/mol. The number of anilines is 1. The molecular formula is C23H18N2O3. The van der Waals surface area contributed by atoms with Gasteiger partial charge in [0.15, 0.2) is 0 Å². The minimum atomic E-state index is -0.389. The zero-order chi connectivity index (χ0) is 19.5. The van der Waals surface area contributed by atoms with Gasteiger partial charge in [-0.25, -0.2) is 4.79 Å². The number of amides is 1. The van der Waals surface area contributed by atoms with Crippen molar-refractivity contribution in [3.05, 3.63) is 95.2 Å². The van der Waals surface area contributed by atoms with Crippen LogP contribution in [0.15, 0.2) is 73.0 Å². The van der Waals surface area contributed by atoms with E-state index in [1.807, 2.05) is 54.8 Å². The molecule has 2 heterocycles. The van der Waals surface area contributed by atoms with E-state index < -0.39 is 0 Å². The number of rotatable bonds is 3. The molecule has 0 saturated heterocycles. The Labute approximate surface area is 162 Å². The van der Waals surface area contributed by atoms with Gasteiger partial charge in [-0.1, -0.05) is 42.5 Å². The van der Waals surface area contributed by atoms with E-state index in [-0.39, 0.29) is 11.9 Å². The minimum Gasteiger partial charge on any atom is -0.465 e. The van der Waals surface area contributed by atoms with Gasteiger partial charge in [-0.05, 0) is 35.9 Å². The molecule has 2 aliphatic rings. The molecule has 2 aliphatic heterocycles. The van der Waals surface area contributed by atoms with E-state index in [0.717, 1.165) is 28.1 Å². The van der Waals surface area contributed by atoms with Crippen molar-refractivity contribution < 1.29 is 14.3 Å². The molecule has 0 aliphatic carbocycles. The number of benzene rings is 2. The third kappa shape index (κ3) is 3.25. The standard InChI is InChI=1S/C23H18N2O3/c1-28-23(27)16-11-9-15(10-12-16)14-19-17-6-5-7-18(21(17)25-22(19)26)20-8-3-2-4-13-24-20/h2-14,24H,1H3,(H,25,26). The highest BCUT2D eigenvalue weighted by Gasteiger charge is 2.27. The van der Waals surface area contributed by atoms with Crippen molar-refractivity contribution in [1.29, 1.82) is 0 Å². The molecule has 5 nitrogen and oxygen atoms in total. The molecule has 0 unspecified atom stereocenters. The van der Waals surface area contributed by atoms with Crippen LogP contribution < -0.4 is 10.6 Å². The Morgan fingerprint density at radius 2 is 1.79 bits per heavy atom. The van der Waals surface area contributed by atoms with E-state index in [4.69, 9.17) is 4.74 Å². The largest absolute Gasteiger partial charge is 0.465 e. The van der Waals surface area contributed by atoms with Crippen LogP contribution >= 0.6 is 0 Å². The van der Waals surface area contributed by atoms with Gasteiger partial charge in [0, 0.05) is 28.6 Å². The maximum Gasteiger partial charge on any atom is 0.337 e. The van der Waals surface area contributed by atoms with Crippen molar-refractivity contribution in [2.75, 3.05) is 12.4 Å². The summed E-state index contributed by atoms with van der Waals surface area (Å²) in [4.78, 5) is 24.2. The average molecular weight is 370 g/mol. The molecule has 0 spiro atoms. The van der Waals surface area contributed by atoms with Crippen molar-refractivity contribution in [2.24, 2.45) is 0 Å². The molecule has 0 bridgehead atoms. The van der Waals surface area contributed by atoms with E-state index in [1.165, 1.54) is 7.11 Å². The number of allylic oxidation sites excluding steroid dienone is 4. The molecule has 0 aromatic heterocycles. The summed E-state index contributed by atoms with van der Waals surface area (Å²) in [7, 11) is 1.35. The van der Waals surface area contributed by atoms with Gasteiger partial charge < -0.3 is 15.4 Å². The number of carbonyl (C=O) groups is 2. The number of hydrogen-bond acceptors (Lipinski definition) is 4. The molecule has 2 N–H and O–H groups in total. The molecule has 138 valence electrons. The Morgan fingerprint density at radius 1 is 1.00 bits per heavy atom. The molecule has 0 radical (unpaired) electrons. The summed E-state index contributed by atoms with van der Waals surface area (Å²) in [5.41, 5.74) is 5.34. The molecule has 28 heavy (non-hydrogen) atoms. The third-order valence-corrected chi connectivity index (χ3v) is 4.59. The van der Waals surface area contributed by atoms with Crippen molar-refractivity contribution in [2.45, 2.75) is 0 Å². The number of methoxy groups -OCH3 is 1. The van der Waals surface area contributed by atoms with Crippen LogP contribution in [0.4, 0.5) is 5.69 Å². The summed E-state index contributed by atoms with van der Waals surface area (Å²) in [6.45, 7) is 0. The summed E-state index contributed by atoms with van der Waals surface area (Å²) in [6.07, 6.45) is 11.4. The number of hydrogen-bond donors (Lipinski definition) is 2. The molecule has 2 aromatic rings. The van der Waals surface area contributed by atoms with Crippen molar-refractivity contribution in [1.82, 2.24) is 5.32 Å². The number of nitrogens with one attached hydrogen (secondary N) is 2. The van der Waals surface area contributed by atoms with Crippen LogP contribution in [0.5, 0.6) is 0 Å². The first-order valence-corrected chi connectivity index (χ1v) is 8.82. The van der Waals surface area contributed by atoms with Gasteiger partial charge >= 0.3 is 5.97 Å². The number of carbonyl (C=O) groups excluding carboxylic acids is 2. The van der Waals surface area contributed by atoms with Crippen LogP contribution in [0.1, 0.15) is 27.0 Å². The Hall–Kier alpha value is -3.86. The normalized spacial score (nSPS) is 16.1. The van der Waals surface area contributed by atoms with Gasteiger partial charge in [-0.3, -0.25) is 4.79 Å². The number of ether oxygens (including phenoxy) is 1. The maximum atomic E-state index is 12.6. The van der Waals surface area contributed by atoms with Gasteiger partial charge in [0.25, 0.3) is 5.91 Å². The van der Waals surface area contributed by atoms with Crippen molar-refractivity contribution >= 4 is 34.9 Å². The summed E-state index contributed by atoms with van der Waals surface area (Å²) >= 11 is 0. The van der Waals surface area contributed by atoms with Crippen molar-refractivity contribution in [3.63, 3.8) is 0 Å². The molecule has 0 saturated carbocycles. The van der Waals surface area contributed by atoms with Crippen LogP contribution in [0.2, 0.25) is 0 Å². The van der Waals surface area contributed by atoms with E-state index in [2.05, 4.69) is 10.6 Å². The molecule has 5 heteroatoms. The summed E-state index contributed by atoms with van der Waals surface area (Å²) in [5.74, 6) is -0.542. The Kier molecular flexibility index (Phi) is 4.64. The average Bonchev–Trinajstić information content (AvgIpc) is 2.90. The highest BCUT2D eigenvalue weighted by molar-refractivity contribution is 6.35. The fourth-order valence-electron chi connectivity index (χ4n) is 3.21. The first kappa shape index (κ1) is 17.5. The molecule has 2 aromatic carbocycles. The summed E-state index contributed by atoms with van der Waals surface area (Å²) in [5, 5.41) is 6.22. The molecular weight excluding hydrogens is 352 g/mol. The second kappa shape index (κ2) is 7.40. The Morgan fingerprint density at radius 3 is 2.57 bits per heavy atom. The molecule has 1 amide bonds. The minimum absolute atomic E-state index is 0.153. The SMILES string of the molecule is COC(=O)c1ccc(C=C2C(=O)Nc3c(C4=CC=CC=CN4)cccc32)cc1. The zero-order valence-corrected chi connectivity index (χ0v) is 15.2. The third-order valence-electron chi connectivity index (χ3n) is 4.59. The van der Waals surface area contributed by atoms with Crippen LogP contribution in [-0.4, -0.2) is 19.0 Å². The quantitative estimate of drug-likeness (QED) is 0.633. The summed E-state index contributed by atoms with van der Waals surface area (Å²) in [6, 6.07) is 12.8. The van der Waals surface area contributed by atoms with E-state index >= 15 is 0 Å². The summed E-state index contributed by atoms with van der Waals surface area (Å²) < 4.78 is 4.71. The lowest BCUT2D eigenvalue weighted by atomic mass is 9.99. The highest BCUT2D eigenvalue weighted by Crippen LogP contribution is 2.38. The smallest absolute Gasteiger partial charge is 0.337 e. The molecule has 4 rings (SSSR count). The fourth-order valence-corrected chi connectivity index (χ4v) is 3.21. The Bertz CT molecular complexity index is 1070. The number of fused-ring (bicyclic) bond motifs is 1. The van der Waals surface area contributed by atoms with E-state index in [0.29, 0.717) is 11.1 Å². The lowest BCUT2D eigenvalue weighted by Crippen LogP contribution is -2.08. The Balaban J connectivity index is 1.72. The second-order valence-corrected chi connectivity index (χ2v) is 6.32. The molecule has 0 fully saturated rings. The van der Waals surface area contributed by atoms with Gasteiger partial charge in [-0.15, -0.1) is 0 Å². The van der Waals surface area contributed by atoms with Crippen LogP contribution in [0.25, 0.3) is 17.3 Å². The highest BCUT2D eigenvalue weighted by atomic mass is 16.5. The van der Waals surface area contributed by atoms with E-state index in [1.54, 1.807) is 24.3 Å². The topological polar surface area (TPSA) is 67.4 Å². The van der Waals surface area contributed by atoms with Crippen molar-refractivity contribution in [3.8, 4) is 0 Å². The van der Waals surface area contributed by atoms with Gasteiger partial charge in [-0.2, -0.15) is 0 Å². The maximum absolute atomic E-state index is 12.6. The first-order chi connectivity index (χ1) is 13.7. The van der Waals surface area contributed by atoms with Crippen LogP contribution in [0.3, 0.4) is 0 Å². The number of esters is 1. The van der Waals surface area contributed by atoms with Gasteiger partial charge in [0.1, 0.15) is 0 Å². The monoisotopic (exact) mass is 370 g/mol. The van der Waals surface area contributed by atoms with Gasteiger partial charge in [0.2, 0.25) is 0 Å². The zero-order valence-electron chi connectivity index (χ0n) is 15.2. The number of para-hydroxylation sites is 1. The molecule has 0 atom stereocenters. The van der Waals surface area contributed by atoms with Gasteiger partial charge in [0.05, 0.1) is 18.4 Å². The lowest BCUT2D eigenvalue weighted by molar-refractivity contribution is -0.110. The lowest BCUT2D eigenvalue weighted by Gasteiger charge is -2.11. The first-order valence-electron chi connectivity index (χ1n) is 8.82. The fraction of sp³-hybridized carbons (Fsp3) is 0.0435. The van der Waals surface area contributed by atoms with Crippen LogP contribution in [0, 0.1) is 0 Å². The van der Waals surface area contributed by atoms with Crippen LogP contribution in [-0.2, 0) is 9.53 Å². The predicted octanol–water partition coefficient (Wildman–Crippen LogP) is 3.98.